The molecule has 7 nitrogen and oxygen atoms in total. The van der Waals surface area contributed by atoms with Crippen LogP contribution in [-0.2, 0) is 4.79 Å². The Hall–Kier alpha value is -3.35. The number of likely N-dealkylation sites (tertiary alicyclic amines) is 1. The number of nitrogens with zero attached hydrogens (tertiary/aromatic N) is 1. The van der Waals surface area contributed by atoms with Crippen molar-refractivity contribution in [2.24, 2.45) is 5.73 Å². The number of nitrogens with one attached hydrogen (secondary N) is 1. The molecule has 0 spiro atoms. The van der Waals surface area contributed by atoms with Crippen molar-refractivity contribution < 1.29 is 19.1 Å². The van der Waals surface area contributed by atoms with Crippen LogP contribution in [0.2, 0.25) is 0 Å². The molecule has 0 aliphatic carbocycles. The summed E-state index contributed by atoms with van der Waals surface area (Å²) in [6.45, 7) is 4.40. The minimum Gasteiger partial charge on any atom is -0.483 e. The van der Waals surface area contributed by atoms with E-state index in [1.807, 2.05) is 11.8 Å². The molecule has 30 heavy (non-hydrogen) atoms. The molecule has 3 rings (SSSR count). The fourth-order valence-corrected chi connectivity index (χ4v) is 3.62. The van der Waals surface area contributed by atoms with E-state index in [9.17, 15) is 14.4 Å². The summed E-state index contributed by atoms with van der Waals surface area (Å²) in [6.07, 6.45) is 3.20. The summed E-state index contributed by atoms with van der Waals surface area (Å²) in [7, 11) is 0. The molecule has 0 bridgehead atoms. The van der Waals surface area contributed by atoms with E-state index in [1.165, 1.54) is 0 Å². The minimum atomic E-state index is -0.621. The number of anilines is 1. The zero-order valence-corrected chi connectivity index (χ0v) is 17.3. The lowest BCUT2D eigenvalue weighted by Gasteiger charge is -2.33. The van der Waals surface area contributed by atoms with Gasteiger partial charge in [0.1, 0.15) is 5.75 Å². The molecule has 1 aliphatic heterocycles. The number of amides is 3. The van der Waals surface area contributed by atoms with E-state index in [4.69, 9.17) is 10.5 Å². The summed E-state index contributed by atoms with van der Waals surface area (Å²) < 4.78 is 5.33. The van der Waals surface area contributed by atoms with Crippen molar-refractivity contribution in [3.05, 3.63) is 59.2 Å². The zero-order valence-electron chi connectivity index (χ0n) is 17.3. The summed E-state index contributed by atoms with van der Waals surface area (Å²) in [5, 5.41) is 2.85. The molecule has 3 N–H and O–H groups in total. The number of carbonyl (C=O) groups is 3. The van der Waals surface area contributed by atoms with Crippen LogP contribution in [-0.4, -0.2) is 41.8 Å². The highest BCUT2D eigenvalue weighted by Gasteiger charge is 2.24. The Balaban J connectivity index is 1.74. The van der Waals surface area contributed by atoms with Crippen LogP contribution >= 0.6 is 0 Å². The van der Waals surface area contributed by atoms with E-state index in [0.29, 0.717) is 16.8 Å². The number of carbonyl (C=O) groups excluding carboxylic acids is 3. The molecular formula is C23H27N3O4. The van der Waals surface area contributed by atoms with Gasteiger partial charge in [0.05, 0.1) is 5.56 Å². The number of aryl methyl sites for hydroxylation is 1. The SMILES string of the molecule is Cc1cc(C(=O)N2CCCCC2C)ccc1NC(=O)c1ccccc1OCC(N)=O. The number of rotatable bonds is 6. The van der Waals surface area contributed by atoms with Crippen molar-refractivity contribution in [3.63, 3.8) is 0 Å². The number of hydrogen-bond acceptors (Lipinski definition) is 4. The molecule has 2 aromatic rings. The van der Waals surface area contributed by atoms with Crippen LogP contribution in [0.1, 0.15) is 52.5 Å². The number of primary amides is 1. The van der Waals surface area contributed by atoms with Crippen molar-refractivity contribution in [2.45, 2.75) is 39.2 Å². The van der Waals surface area contributed by atoms with Gasteiger partial charge in [0.25, 0.3) is 17.7 Å². The fraction of sp³-hybridized carbons (Fsp3) is 0.348. The third kappa shape index (κ3) is 4.97. The first kappa shape index (κ1) is 21.4. The Kier molecular flexibility index (Phi) is 6.72. The molecule has 1 aliphatic rings. The monoisotopic (exact) mass is 409 g/mol. The number of ether oxygens (including phenoxy) is 1. The van der Waals surface area contributed by atoms with Gasteiger partial charge in [-0.05, 0) is 69.0 Å². The van der Waals surface area contributed by atoms with Crippen molar-refractivity contribution in [3.8, 4) is 5.75 Å². The highest BCUT2D eigenvalue weighted by molar-refractivity contribution is 6.07. The van der Waals surface area contributed by atoms with Gasteiger partial charge in [-0.3, -0.25) is 14.4 Å². The maximum absolute atomic E-state index is 12.9. The Morgan fingerprint density at radius 2 is 1.93 bits per heavy atom. The van der Waals surface area contributed by atoms with Gasteiger partial charge < -0.3 is 20.7 Å². The van der Waals surface area contributed by atoms with Crippen LogP contribution in [0.4, 0.5) is 5.69 Å². The minimum absolute atomic E-state index is 0.0216. The summed E-state index contributed by atoms with van der Waals surface area (Å²) in [5.74, 6) is -0.697. The molecule has 7 heteroatoms. The Bertz CT molecular complexity index is 957. The number of hydrogen-bond donors (Lipinski definition) is 2. The third-order valence-electron chi connectivity index (χ3n) is 5.29. The zero-order chi connectivity index (χ0) is 21.7. The first-order valence-electron chi connectivity index (χ1n) is 10.1. The van der Waals surface area contributed by atoms with E-state index in [0.717, 1.165) is 31.4 Å². The molecular weight excluding hydrogens is 382 g/mol. The highest BCUT2D eigenvalue weighted by atomic mass is 16.5. The number of piperidine rings is 1. The van der Waals surface area contributed by atoms with Crippen LogP contribution in [0.25, 0.3) is 0 Å². The van der Waals surface area contributed by atoms with Gasteiger partial charge in [-0.1, -0.05) is 12.1 Å². The van der Waals surface area contributed by atoms with Gasteiger partial charge in [-0.2, -0.15) is 0 Å². The Morgan fingerprint density at radius 3 is 2.63 bits per heavy atom. The summed E-state index contributed by atoms with van der Waals surface area (Å²) in [6, 6.07) is 12.1. The van der Waals surface area contributed by atoms with Gasteiger partial charge in [0.15, 0.2) is 6.61 Å². The summed E-state index contributed by atoms with van der Waals surface area (Å²) in [5.41, 5.74) is 7.41. The van der Waals surface area contributed by atoms with Crippen LogP contribution in [0, 0.1) is 6.92 Å². The number of para-hydroxylation sites is 1. The van der Waals surface area contributed by atoms with Gasteiger partial charge in [-0.15, -0.1) is 0 Å². The Labute approximate surface area is 176 Å². The third-order valence-corrected chi connectivity index (χ3v) is 5.29. The second-order valence-electron chi connectivity index (χ2n) is 7.58. The lowest BCUT2D eigenvalue weighted by molar-refractivity contribution is -0.119. The molecule has 1 atom stereocenters. The second-order valence-corrected chi connectivity index (χ2v) is 7.58. The van der Waals surface area contributed by atoms with E-state index in [2.05, 4.69) is 12.2 Å². The summed E-state index contributed by atoms with van der Waals surface area (Å²) >= 11 is 0. The van der Waals surface area contributed by atoms with Crippen molar-refractivity contribution >= 4 is 23.4 Å². The highest BCUT2D eigenvalue weighted by Crippen LogP contribution is 2.24. The first-order valence-corrected chi connectivity index (χ1v) is 10.1. The molecule has 0 saturated carbocycles. The molecule has 3 amide bonds. The van der Waals surface area contributed by atoms with E-state index >= 15 is 0 Å². The standard InChI is InChI=1S/C23H27N3O4/c1-15-13-17(23(29)26-12-6-5-7-16(26)2)10-11-19(15)25-22(28)18-8-3-4-9-20(18)30-14-21(24)27/h3-4,8-11,13,16H,5-7,12,14H2,1-2H3,(H2,24,27)(H,25,28). The van der Waals surface area contributed by atoms with Gasteiger partial charge in [0, 0.05) is 23.8 Å². The predicted octanol–water partition coefficient (Wildman–Crippen LogP) is 3.13. The largest absolute Gasteiger partial charge is 0.483 e. The molecule has 1 heterocycles. The Morgan fingerprint density at radius 1 is 1.17 bits per heavy atom. The van der Waals surface area contributed by atoms with Gasteiger partial charge >= 0.3 is 0 Å². The van der Waals surface area contributed by atoms with E-state index in [1.54, 1.807) is 42.5 Å². The van der Waals surface area contributed by atoms with Crippen molar-refractivity contribution in [2.75, 3.05) is 18.5 Å². The lowest BCUT2D eigenvalue weighted by atomic mass is 10.0. The van der Waals surface area contributed by atoms with Crippen LogP contribution in [0.5, 0.6) is 5.75 Å². The lowest BCUT2D eigenvalue weighted by Crippen LogP contribution is -2.42. The average Bonchev–Trinajstić information content (AvgIpc) is 2.73. The second kappa shape index (κ2) is 9.43. The maximum Gasteiger partial charge on any atom is 0.259 e. The fourth-order valence-electron chi connectivity index (χ4n) is 3.62. The molecule has 0 radical (unpaired) electrons. The molecule has 1 unspecified atom stereocenters. The first-order chi connectivity index (χ1) is 14.4. The van der Waals surface area contributed by atoms with Crippen LogP contribution < -0.4 is 15.8 Å². The topological polar surface area (TPSA) is 102 Å². The molecule has 2 aromatic carbocycles. The van der Waals surface area contributed by atoms with Crippen LogP contribution in [0.3, 0.4) is 0 Å². The van der Waals surface area contributed by atoms with Gasteiger partial charge in [0.2, 0.25) is 0 Å². The quantitative estimate of drug-likeness (QED) is 0.765. The van der Waals surface area contributed by atoms with E-state index in [-0.39, 0.29) is 30.2 Å². The van der Waals surface area contributed by atoms with Crippen molar-refractivity contribution in [1.29, 1.82) is 0 Å². The molecule has 1 saturated heterocycles. The summed E-state index contributed by atoms with van der Waals surface area (Å²) in [4.78, 5) is 38.5. The molecule has 0 aromatic heterocycles. The normalized spacial score (nSPS) is 16.1. The van der Waals surface area contributed by atoms with Crippen LogP contribution in [0.15, 0.2) is 42.5 Å². The molecule has 158 valence electrons. The predicted molar refractivity (Wildman–Crippen MR) is 115 cm³/mol. The van der Waals surface area contributed by atoms with E-state index < -0.39 is 5.91 Å². The number of nitrogens with two attached hydrogens (primary N) is 1. The average molecular weight is 409 g/mol. The number of benzene rings is 2. The molecule has 1 fully saturated rings. The van der Waals surface area contributed by atoms with Crippen molar-refractivity contribution in [1.82, 2.24) is 4.90 Å². The smallest absolute Gasteiger partial charge is 0.259 e. The van der Waals surface area contributed by atoms with Gasteiger partial charge in [-0.25, -0.2) is 0 Å². The maximum atomic E-state index is 12.9.